The second-order valence-electron chi connectivity index (χ2n) is 7.68. The zero-order chi connectivity index (χ0) is 23.5. The summed E-state index contributed by atoms with van der Waals surface area (Å²) in [4.78, 5) is 24.3. The van der Waals surface area contributed by atoms with Crippen molar-refractivity contribution >= 4 is 23.7 Å². The summed E-state index contributed by atoms with van der Waals surface area (Å²) in [7, 11) is 1.36. The average Bonchev–Trinajstić information content (AvgIpc) is 3.13. The van der Waals surface area contributed by atoms with Gasteiger partial charge < -0.3 is 25.0 Å². The van der Waals surface area contributed by atoms with Crippen molar-refractivity contribution in [3.63, 3.8) is 0 Å². The van der Waals surface area contributed by atoms with Gasteiger partial charge in [-0.3, -0.25) is 0 Å². The first-order valence-electron chi connectivity index (χ1n) is 10.3. The summed E-state index contributed by atoms with van der Waals surface area (Å²) in [5, 5.41) is 22.5. The number of nitrogens with one attached hydrogen (secondary N) is 1. The van der Waals surface area contributed by atoms with Crippen molar-refractivity contribution in [3.05, 3.63) is 82.4 Å². The Hall–Kier alpha value is -3.71. The van der Waals surface area contributed by atoms with Gasteiger partial charge in [0.25, 0.3) is 0 Å². The van der Waals surface area contributed by atoms with Gasteiger partial charge in [0.15, 0.2) is 11.5 Å². The molecule has 33 heavy (non-hydrogen) atoms. The molecule has 0 fully saturated rings. The number of carbonyl (C=O) groups excluding carboxylic acids is 1. The highest BCUT2D eigenvalue weighted by molar-refractivity contribution is 6.30. The molecule has 0 saturated carbocycles. The number of carboxylic acids is 1. The van der Waals surface area contributed by atoms with Crippen LogP contribution in [0.25, 0.3) is 11.1 Å². The predicted octanol–water partition coefficient (Wildman–Crippen LogP) is 4.59. The highest BCUT2D eigenvalue weighted by Crippen LogP contribution is 2.44. The van der Waals surface area contributed by atoms with Crippen molar-refractivity contribution in [2.45, 2.75) is 18.4 Å². The lowest BCUT2D eigenvalue weighted by Gasteiger charge is -2.18. The van der Waals surface area contributed by atoms with Gasteiger partial charge in [-0.1, -0.05) is 60.1 Å². The molecule has 170 valence electrons. The van der Waals surface area contributed by atoms with E-state index in [1.165, 1.54) is 19.2 Å². The second kappa shape index (κ2) is 9.42. The molecule has 0 saturated heterocycles. The number of hydrogen-bond acceptors (Lipinski definition) is 5. The number of ether oxygens (including phenoxy) is 2. The lowest BCUT2D eigenvalue weighted by molar-refractivity contribution is -0.139. The fourth-order valence-corrected chi connectivity index (χ4v) is 4.37. The van der Waals surface area contributed by atoms with Crippen LogP contribution < -0.4 is 10.1 Å². The zero-order valence-electron chi connectivity index (χ0n) is 17.7. The molecule has 4 rings (SSSR count). The van der Waals surface area contributed by atoms with E-state index in [-0.39, 0.29) is 41.0 Å². The van der Waals surface area contributed by atoms with Gasteiger partial charge in [-0.2, -0.15) is 0 Å². The van der Waals surface area contributed by atoms with Crippen molar-refractivity contribution in [3.8, 4) is 22.6 Å². The molecule has 1 atom stereocenters. The van der Waals surface area contributed by atoms with Crippen LogP contribution in [0.1, 0.15) is 22.6 Å². The minimum Gasteiger partial charge on any atom is -0.504 e. The number of fused-ring (bicyclic) bond motifs is 3. The molecule has 1 aliphatic carbocycles. The Kier molecular flexibility index (Phi) is 6.42. The van der Waals surface area contributed by atoms with E-state index in [0.29, 0.717) is 0 Å². The van der Waals surface area contributed by atoms with Gasteiger partial charge >= 0.3 is 12.1 Å². The fraction of sp³-hybridized carbons (Fsp3) is 0.200. The van der Waals surface area contributed by atoms with Gasteiger partial charge in [0.05, 0.1) is 7.11 Å². The standard InChI is InChI=1S/C25H22ClNO6/c1-32-22-12-15(26)10-14(23(22)28)11-21(24(29)30)27-25(31)33-13-20-18-8-4-2-6-16(18)17-7-3-5-9-19(17)20/h2-10,12,20-21,28H,11,13H2,1H3,(H,27,31)(H,29,30). The van der Waals surface area contributed by atoms with Crippen LogP contribution in [0, 0.1) is 0 Å². The normalized spacial score (nSPS) is 13.0. The van der Waals surface area contributed by atoms with Gasteiger partial charge in [-0.15, -0.1) is 0 Å². The number of methoxy groups -OCH3 is 1. The Labute approximate surface area is 195 Å². The molecule has 7 nitrogen and oxygen atoms in total. The maximum Gasteiger partial charge on any atom is 0.407 e. The Morgan fingerprint density at radius 1 is 1.06 bits per heavy atom. The number of phenols is 1. The lowest BCUT2D eigenvalue weighted by atomic mass is 9.98. The number of amides is 1. The summed E-state index contributed by atoms with van der Waals surface area (Å²) >= 11 is 6.02. The molecule has 0 aliphatic heterocycles. The first-order valence-corrected chi connectivity index (χ1v) is 10.7. The van der Waals surface area contributed by atoms with E-state index in [1.807, 2.05) is 48.5 Å². The molecule has 0 heterocycles. The van der Waals surface area contributed by atoms with E-state index in [9.17, 15) is 19.8 Å². The van der Waals surface area contributed by atoms with Gasteiger partial charge in [0.1, 0.15) is 12.6 Å². The number of phenolic OH excluding ortho intramolecular Hbond substituents is 1. The Balaban J connectivity index is 1.46. The molecular weight excluding hydrogens is 446 g/mol. The van der Waals surface area contributed by atoms with Crippen molar-refractivity contribution in [2.24, 2.45) is 0 Å². The van der Waals surface area contributed by atoms with Crippen molar-refractivity contribution in [2.75, 3.05) is 13.7 Å². The number of rotatable bonds is 7. The fourth-order valence-electron chi connectivity index (χ4n) is 4.14. The van der Waals surface area contributed by atoms with Crippen LogP contribution in [-0.4, -0.2) is 42.0 Å². The van der Waals surface area contributed by atoms with E-state index in [1.54, 1.807) is 0 Å². The van der Waals surface area contributed by atoms with E-state index in [2.05, 4.69) is 5.32 Å². The number of hydrogen-bond donors (Lipinski definition) is 3. The van der Waals surface area contributed by atoms with Crippen LogP contribution in [-0.2, 0) is 16.0 Å². The highest BCUT2D eigenvalue weighted by atomic mass is 35.5. The van der Waals surface area contributed by atoms with Gasteiger partial charge in [-0.05, 0) is 28.3 Å². The monoisotopic (exact) mass is 467 g/mol. The van der Waals surface area contributed by atoms with Crippen LogP contribution in [0.4, 0.5) is 4.79 Å². The average molecular weight is 468 g/mol. The smallest absolute Gasteiger partial charge is 0.407 e. The molecule has 1 amide bonds. The van der Waals surface area contributed by atoms with Gasteiger partial charge in [0.2, 0.25) is 0 Å². The van der Waals surface area contributed by atoms with Crippen LogP contribution in [0.5, 0.6) is 11.5 Å². The summed E-state index contributed by atoms with van der Waals surface area (Å²) < 4.78 is 10.5. The third-order valence-corrected chi connectivity index (χ3v) is 5.91. The maximum absolute atomic E-state index is 12.5. The summed E-state index contributed by atoms with van der Waals surface area (Å²) in [5.74, 6) is -1.54. The van der Waals surface area contributed by atoms with Crippen molar-refractivity contribution in [1.82, 2.24) is 5.32 Å². The van der Waals surface area contributed by atoms with E-state index < -0.39 is 18.1 Å². The zero-order valence-corrected chi connectivity index (χ0v) is 18.5. The SMILES string of the molecule is COc1cc(Cl)cc(CC(NC(=O)OCC2c3ccccc3-c3ccccc32)C(=O)O)c1O. The highest BCUT2D eigenvalue weighted by Gasteiger charge is 2.30. The van der Waals surface area contributed by atoms with E-state index >= 15 is 0 Å². The molecular formula is C25H22ClNO6. The van der Waals surface area contributed by atoms with Gasteiger partial charge in [-0.25, -0.2) is 9.59 Å². The third kappa shape index (κ3) is 4.59. The van der Waals surface area contributed by atoms with E-state index in [4.69, 9.17) is 21.1 Å². The number of carboxylic acid groups (broad SMARTS) is 1. The number of halogens is 1. The maximum atomic E-state index is 12.5. The summed E-state index contributed by atoms with van der Waals surface area (Å²) in [6.07, 6.45) is -1.07. The quantitative estimate of drug-likeness (QED) is 0.469. The number of aromatic hydroxyl groups is 1. The topological polar surface area (TPSA) is 105 Å². The summed E-state index contributed by atoms with van der Waals surface area (Å²) in [6.45, 7) is 0.0580. The van der Waals surface area contributed by atoms with Gasteiger partial charge in [0, 0.05) is 29.0 Å². The molecule has 3 aromatic carbocycles. The lowest BCUT2D eigenvalue weighted by Crippen LogP contribution is -2.43. The Bertz CT molecular complexity index is 1170. The third-order valence-electron chi connectivity index (χ3n) is 5.70. The Morgan fingerprint density at radius 3 is 2.24 bits per heavy atom. The summed E-state index contributed by atoms with van der Waals surface area (Å²) in [5.41, 5.74) is 4.52. The molecule has 0 bridgehead atoms. The van der Waals surface area contributed by atoms with Crippen molar-refractivity contribution < 1.29 is 29.3 Å². The molecule has 3 aromatic rings. The number of benzene rings is 3. The molecule has 1 aliphatic rings. The molecule has 1 unspecified atom stereocenters. The van der Waals surface area contributed by atoms with Crippen LogP contribution in [0.3, 0.4) is 0 Å². The number of carbonyl (C=O) groups is 2. The van der Waals surface area contributed by atoms with Crippen molar-refractivity contribution in [1.29, 1.82) is 0 Å². The molecule has 8 heteroatoms. The molecule has 0 aromatic heterocycles. The van der Waals surface area contributed by atoms with Crippen LogP contribution in [0.2, 0.25) is 5.02 Å². The minimum absolute atomic E-state index is 0.0580. The number of alkyl carbamates (subject to hydrolysis) is 1. The Morgan fingerprint density at radius 2 is 1.67 bits per heavy atom. The summed E-state index contributed by atoms with van der Waals surface area (Å²) in [6, 6.07) is 17.3. The first-order chi connectivity index (χ1) is 15.9. The minimum atomic E-state index is -1.34. The number of aliphatic carboxylic acids is 1. The van der Waals surface area contributed by atoms with Crippen LogP contribution >= 0.6 is 11.6 Å². The largest absolute Gasteiger partial charge is 0.504 e. The van der Waals surface area contributed by atoms with E-state index in [0.717, 1.165) is 22.3 Å². The molecule has 0 spiro atoms. The van der Waals surface area contributed by atoms with Crippen LogP contribution in [0.15, 0.2) is 60.7 Å². The molecule has 3 N–H and O–H groups in total. The molecule has 0 radical (unpaired) electrons. The predicted molar refractivity (Wildman–Crippen MR) is 123 cm³/mol. The first kappa shape index (κ1) is 22.5. The second-order valence-corrected chi connectivity index (χ2v) is 8.12.